The van der Waals surface area contributed by atoms with Gasteiger partial charge in [-0.2, -0.15) is 5.11 Å². The molecule has 1 fully saturated rings. The second-order valence-corrected chi connectivity index (χ2v) is 13.6. The van der Waals surface area contributed by atoms with Gasteiger partial charge in [-0.15, -0.1) is 16.5 Å². The Kier molecular flexibility index (Phi) is 8.42. The Morgan fingerprint density at radius 3 is 2.55 bits per heavy atom. The van der Waals surface area contributed by atoms with Crippen LogP contribution in [0.4, 0.5) is 11.4 Å². The molecule has 3 aliphatic heterocycles. The minimum atomic E-state index is -0.870. The number of thiazole rings is 1. The molecule has 4 aromatic rings. The highest BCUT2D eigenvalue weighted by atomic mass is 32.1. The molecule has 0 saturated carbocycles. The average molecular weight is 649 g/mol. The fourth-order valence-corrected chi connectivity index (χ4v) is 7.70. The summed E-state index contributed by atoms with van der Waals surface area (Å²) in [6.07, 6.45) is 2.66. The molecule has 0 aliphatic carbocycles. The molecule has 1 aromatic heterocycles. The van der Waals surface area contributed by atoms with Crippen molar-refractivity contribution in [1.29, 1.82) is 0 Å². The predicted octanol–water partition coefficient (Wildman–Crippen LogP) is 5.58. The molecule has 47 heavy (non-hydrogen) atoms. The van der Waals surface area contributed by atoms with E-state index in [4.69, 9.17) is 5.11 Å². The SMILES string of the molecule is CC(C)[C@@H](C(=O)N1CC(O)C[C@H]1C(=O)NCc1ccc(-c2cncs2)c2c1/N=N\c1ccccc1CC2)N1Cc2ccccc2C1=O. The van der Waals surface area contributed by atoms with Crippen molar-refractivity contribution in [3.05, 3.63) is 100 Å². The number of aliphatic hydroxyl groups excluding tert-OH is 1. The van der Waals surface area contributed by atoms with Crippen LogP contribution in [0.15, 0.2) is 82.6 Å². The number of likely N-dealkylation sites (tertiary alicyclic amines) is 1. The lowest BCUT2D eigenvalue weighted by molar-refractivity contribution is -0.143. The van der Waals surface area contributed by atoms with Crippen LogP contribution in [0.1, 0.15) is 52.9 Å². The molecule has 2 N–H and O–H groups in total. The topological polar surface area (TPSA) is 128 Å². The predicted molar refractivity (Wildman–Crippen MR) is 178 cm³/mol. The Balaban J connectivity index is 1.13. The first-order chi connectivity index (χ1) is 22.8. The van der Waals surface area contributed by atoms with Crippen LogP contribution in [0, 0.1) is 5.92 Å². The average Bonchev–Trinajstić information content (AvgIpc) is 3.81. The fraction of sp³-hybridized carbons (Fsp3) is 0.333. The molecule has 3 atom stereocenters. The van der Waals surface area contributed by atoms with Gasteiger partial charge in [0.1, 0.15) is 12.1 Å². The number of hydrogen-bond acceptors (Lipinski definition) is 8. The van der Waals surface area contributed by atoms with Crippen molar-refractivity contribution in [3.63, 3.8) is 0 Å². The van der Waals surface area contributed by atoms with Gasteiger partial charge in [0.15, 0.2) is 0 Å². The molecule has 240 valence electrons. The van der Waals surface area contributed by atoms with Crippen LogP contribution in [-0.2, 0) is 35.5 Å². The number of hydrogen-bond donors (Lipinski definition) is 2. The molecule has 4 heterocycles. The van der Waals surface area contributed by atoms with Gasteiger partial charge in [0.05, 0.1) is 27.9 Å². The third kappa shape index (κ3) is 5.85. The second-order valence-electron chi connectivity index (χ2n) is 12.7. The Morgan fingerprint density at radius 1 is 1.00 bits per heavy atom. The van der Waals surface area contributed by atoms with Crippen LogP contribution >= 0.6 is 11.3 Å². The standard InChI is InChI=1S/C36H36N6O4S/c1-21(2)33(42-18-24-8-3-5-9-26(24)35(42)45)36(46)41-19-25(43)15-30(41)34(44)38-16-23-12-13-27(31-17-37-20-47-31)28-14-11-22-7-4-6-10-29(22)39-40-32(23)28/h3-10,12-13,17,20-21,25,30,33,43H,11,14-16,18-19H2,1-2H3,(H,38,44)/b40-39-/t25?,30-,33-/m0/s1. The van der Waals surface area contributed by atoms with E-state index in [0.29, 0.717) is 12.1 Å². The Morgan fingerprint density at radius 2 is 1.79 bits per heavy atom. The third-order valence-electron chi connectivity index (χ3n) is 9.35. The number of aryl methyl sites for hydroxylation is 1. The van der Waals surface area contributed by atoms with Crippen molar-refractivity contribution in [2.75, 3.05) is 6.54 Å². The number of nitrogens with zero attached hydrogens (tertiary/aromatic N) is 5. The van der Waals surface area contributed by atoms with Crippen molar-refractivity contribution in [2.24, 2.45) is 16.1 Å². The van der Waals surface area contributed by atoms with E-state index in [1.165, 1.54) is 4.90 Å². The summed E-state index contributed by atoms with van der Waals surface area (Å²) in [6.45, 7) is 4.33. The summed E-state index contributed by atoms with van der Waals surface area (Å²) in [6, 6.07) is 17.7. The van der Waals surface area contributed by atoms with E-state index < -0.39 is 18.2 Å². The molecule has 1 unspecified atom stereocenters. The number of aliphatic hydroxyl groups is 1. The molecule has 0 bridgehead atoms. The summed E-state index contributed by atoms with van der Waals surface area (Å²) in [5, 5.41) is 23.0. The maximum Gasteiger partial charge on any atom is 0.255 e. The number of aromatic nitrogens is 1. The number of benzene rings is 3. The molecule has 3 aliphatic rings. The van der Waals surface area contributed by atoms with E-state index in [9.17, 15) is 19.5 Å². The van der Waals surface area contributed by atoms with E-state index in [1.807, 2.05) is 68.6 Å². The van der Waals surface area contributed by atoms with Crippen LogP contribution in [0.5, 0.6) is 0 Å². The lowest BCUT2D eigenvalue weighted by Crippen LogP contribution is -2.55. The first kappa shape index (κ1) is 30.9. The normalized spacial score (nSPS) is 19.9. The number of carbonyl (C=O) groups is 3. The van der Waals surface area contributed by atoms with E-state index in [2.05, 4.69) is 21.5 Å². The zero-order valence-corrected chi connectivity index (χ0v) is 27.1. The van der Waals surface area contributed by atoms with Crippen LogP contribution in [0.25, 0.3) is 10.4 Å². The van der Waals surface area contributed by atoms with Crippen molar-refractivity contribution >= 4 is 40.4 Å². The Labute approximate surface area is 277 Å². The molecule has 11 heteroatoms. The quantitative estimate of drug-likeness (QED) is 0.270. The molecular weight excluding hydrogens is 613 g/mol. The van der Waals surface area contributed by atoms with Gasteiger partial charge in [-0.1, -0.05) is 62.4 Å². The zero-order chi connectivity index (χ0) is 32.7. The lowest BCUT2D eigenvalue weighted by atomic mass is 9.93. The number of β-amino-alcohol motifs (C(OH)–C–C–N with tert-alkyl or cyclic N) is 1. The fourth-order valence-electron chi connectivity index (χ4n) is 7.02. The molecule has 10 nitrogen and oxygen atoms in total. The molecular formula is C36H36N6O4S. The van der Waals surface area contributed by atoms with Crippen LogP contribution in [0.2, 0.25) is 0 Å². The largest absolute Gasteiger partial charge is 0.391 e. The van der Waals surface area contributed by atoms with Crippen LogP contribution in [0.3, 0.4) is 0 Å². The summed E-state index contributed by atoms with van der Waals surface area (Å²) in [4.78, 5) is 49.6. The smallest absolute Gasteiger partial charge is 0.255 e. The molecule has 0 radical (unpaired) electrons. The number of nitrogens with one attached hydrogen (secondary N) is 1. The van der Waals surface area contributed by atoms with E-state index in [1.54, 1.807) is 27.8 Å². The van der Waals surface area contributed by atoms with Crippen molar-refractivity contribution in [3.8, 4) is 10.4 Å². The molecule has 3 amide bonds. The van der Waals surface area contributed by atoms with Crippen LogP contribution in [-0.4, -0.2) is 62.3 Å². The lowest BCUT2D eigenvalue weighted by Gasteiger charge is -2.35. The van der Waals surface area contributed by atoms with Gasteiger partial charge in [-0.25, -0.2) is 0 Å². The summed E-state index contributed by atoms with van der Waals surface area (Å²) in [5.41, 5.74) is 8.85. The van der Waals surface area contributed by atoms with Crippen molar-refractivity contribution in [2.45, 2.75) is 64.4 Å². The Bertz CT molecular complexity index is 1870. The second kappa shape index (κ2) is 12.8. The minimum Gasteiger partial charge on any atom is -0.391 e. The molecule has 1 saturated heterocycles. The third-order valence-corrected chi connectivity index (χ3v) is 10.2. The minimum absolute atomic E-state index is 0.0294. The van der Waals surface area contributed by atoms with Gasteiger partial charge < -0.3 is 20.2 Å². The van der Waals surface area contributed by atoms with Gasteiger partial charge in [0.2, 0.25) is 11.8 Å². The van der Waals surface area contributed by atoms with Gasteiger partial charge in [-0.3, -0.25) is 19.4 Å². The number of azo groups is 1. The van der Waals surface area contributed by atoms with Crippen molar-refractivity contribution < 1.29 is 19.5 Å². The highest BCUT2D eigenvalue weighted by molar-refractivity contribution is 7.13. The van der Waals surface area contributed by atoms with E-state index in [0.717, 1.165) is 56.9 Å². The van der Waals surface area contributed by atoms with Gasteiger partial charge in [0.25, 0.3) is 5.91 Å². The zero-order valence-electron chi connectivity index (χ0n) is 26.3. The number of rotatable bonds is 7. The monoisotopic (exact) mass is 648 g/mol. The highest BCUT2D eigenvalue weighted by Crippen LogP contribution is 2.40. The highest BCUT2D eigenvalue weighted by Gasteiger charge is 2.45. The molecule has 0 spiro atoms. The summed E-state index contributed by atoms with van der Waals surface area (Å²) < 4.78 is 0. The number of amides is 3. The Hall–Kier alpha value is -4.74. The summed E-state index contributed by atoms with van der Waals surface area (Å²) >= 11 is 1.56. The van der Waals surface area contributed by atoms with Crippen LogP contribution < -0.4 is 5.32 Å². The maximum absolute atomic E-state index is 14.1. The van der Waals surface area contributed by atoms with Gasteiger partial charge in [0, 0.05) is 37.8 Å². The maximum atomic E-state index is 14.1. The number of fused-ring (bicyclic) bond motifs is 3. The molecule has 3 aromatic carbocycles. The van der Waals surface area contributed by atoms with Gasteiger partial charge in [-0.05, 0) is 58.7 Å². The first-order valence-corrected chi connectivity index (χ1v) is 16.9. The summed E-state index contributed by atoms with van der Waals surface area (Å²) in [7, 11) is 0. The van der Waals surface area contributed by atoms with E-state index >= 15 is 0 Å². The first-order valence-electron chi connectivity index (χ1n) is 16.0. The molecule has 7 rings (SSSR count). The van der Waals surface area contributed by atoms with E-state index in [-0.39, 0.29) is 43.1 Å². The number of carbonyl (C=O) groups excluding carboxylic acids is 3. The van der Waals surface area contributed by atoms with Gasteiger partial charge >= 0.3 is 0 Å². The van der Waals surface area contributed by atoms with Crippen molar-refractivity contribution in [1.82, 2.24) is 20.1 Å². The summed E-state index contributed by atoms with van der Waals surface area (Å²) in [5.74, 6) is -1.08.